The second-order valence-corrected chi connectivity index (χ2v) is 7.50. The maximum Gasteiger partial charge on any atom is 0.162 e. The molecule has 1 aliphatic heterocycles. The molecule has 0 aliphatic carbocycles. The third-order valence-corrected chi connectivity index (χ3v) is 6.42. The van der Waals surface area contributed by atoms with Crippen molar-refractivity contribution in [2.75, 3.05) is 31.3 Å². The van der Waals surface area contributed by atoms with Crippen LogP contribution in [0.4, 0.5) is 0 Å². The van der Waals surface area contributed by atoms with Gasteiger partial charge >= 0.3 is 0 Å². The van der Waals surface area contributed by atoms with Crippen molar-refractivity contribution in [1.82, 2.24) is 0 Å². The molecule has 1 aliphatic rings. The maximum absolute atomic E-state index is 5.92. The number of ether oxygens (including phenoxy) is 2. The zero-order valence-electron chi connectivity index (χ0n) is 12.6. The normalized spacial score (nSPS) is 15.7. The summed E-state index contributed by atoms with van der Waals surface area (Å²) >= 11 is 0. The molecule has 0 saturated carbocycles. The number of fused-ring (bicyclic) bond motifs is 1. The fourth-order valence-corrected chi connectivity index (χ4v) is 5.35. The second kappa shape index (κ2) is 7.19. The molecule has 3 heteroatoms. The Morgan fingerprint density at radius 1 is 0.952 bits per heavy atom. The van der Waals surface area contributed by atoms with Crippen LogP contribution in [0.3, 0.4) is 0 Å². The van der Waals surface area contributed by atoms with Gasteiger partial charge in [0, 0.05) is 28.3 Å². The Kier molecular flexibility index (Phi) is 5.04. The average molecular weight is 303 g/mol. The van der Waals surface area contributed by atoms with E-state index in [1.807, 2.05) is 6.92 Å². The van der Waals surface area contributed by atoms with Crippen LogP contribution < -0.4 is 4.74 Å². The number of rotatable bonds is 6. The van der Waals surface area contributed by atoms with E-state index in [9.17, 15) is 0 Å². The summed E-state index contributed by atoms with van der Waals surface area (Å²) in [6, 6.07) is 13.1. The summed E-state index contributed by atoms with van der Waals surface area (Å²) in [5, 5.41) is 2.61. The van der Waals surface area contributed by atoms with E-state index in [0.717, 1.165) is 12.4 Å². The highest BCUT2D eigenvalue weighted by atomic mass is 32.2. The molecule has 21 heavy (non-hydrogen) atoms. The minimum atomic E-state index is 0.437. The van der Waals surface area contributed by atoms with Gasteiger partial charge in [0.05, 0.1) is 6.61 Å². The molecular weight excluding hydrogens is 280 g/mol. The largest absolute Gasteiger partial charge is 0.491 e. The van der Waals surface area contributed by atoms with Crippen molar-refractivity contribution in [2.45, 2.75) is 24.7 Å². The zero-order valence-corrected chi connectivity index (χ0v) is 13.5. The van der Waals surface area contributed by atoms with Gasteiger partial charge in [0.2, 0.25) is 0 Å². The maximum atomic E-state index is 5.92. The van der Waals surface area contributed by atoms with Gasteiger partial charge in [-0.1, -0.05) is 18.2 Å². The van der Waals surface area contributed by atoms with Crippen molar-refractivity contribution in [3.8, 4) is 5.75 Å². The lowest BCUT2D eigenvalue weighted by Gasteiger charge is -2.11. The van der Waals surface area contributed by atoms with Crippen LogP contribution in [0.25, 0.3) is 10.8 Å². The van der Waals surface area contributed by atoms with Gasteiger partial charge in [0.1, 0.15) is 23.9 Å². The molecule has 1 fully saturated rings. The van der Waals surface area contributed by atoms with E-state index in [1.165, 1.54) is 40.0 Å². The number of hydrogen-bond donors (Lipinski definition) is 0. The summed E-state index contributed by atoms with van der Waals surface area (Å²) in [6.45, 7) is 4.01. The first-order valence-corrected chi connectivity index (χ1v) is 9.36. The predicted octanol–water partition coefficient (Wildman–Crippen LogP) is 4.03. The van der Waals surface area contributed by atoms with E-state index in [4.69, 9.17) is 9.47 Å². The summed E-state index contributed by atoms with van der Waals surface area (Å²) < 4.78 is 11.3. The fraction of sp³-hybridized carbons (Fsp3) is 0.444. The molecule has 0 amide bonds. The van der Waals surface area contributed by atoms with E-state index in [2.05, 4.69) is 36.4 Å². The SMILES string of the molecule is CCOCCOc1ccc([S+]2CCCC2)c2ccccc12. The predicted molar refractivity (Wildman–Crippen MR) is 90.5 cm³/mol. The lowest BCUT2D eigenvalue weighted by molar-refractivity contribution is 0.111. The van der Waals surface area contributed by atoms with Gasteiger partial charge in [-0.05, 0) is 38.0 Å². The lowest BCUT2D eigenvalue weighted by atomic mass is 10.1. The van der Waals surface area contributed by atoms with Crippen molar-refractivity contribution < 1.29 is 9.47 Å². The zero-order chi connectivity index (χ0) is 14.5. The molecule has 0 atom stereocenters. The van der Waals surface area contributed by atoms with Crippen LogP contribution in [-0.4, -0.2) is 31.3 Å². The van der Waals surface area contributed by atoms with Crippen LogP contribution in [0.15, 0.2) is 41.3 Å². The highest BCUT2D eigenvalue weighted by Crippen LogP contribution is 2.34. The molecule has 0 spiro atoms. The van der Waals surface area contributed by atoms with Gasteiger partial charge < -0.3 is 9.47 Å². The van der Waals surface area contributed by atoms with E-state index in [-0.39, 0.29) is 0 Å². The van der Waals surface area contributed by atoms with Gasteiger partial charge in [-0.2, -0.15) is 0 Å². The minimum absolute atomic E-state index is 0.437. The van der Waals surface area contributed by atoms with Crippen LogP contribution in [0.1, 0.15) is 19.8 Å². The molecule has 0 radical (unpaired) electrons. The first-order chi connectivity index (χ1) is 10.4. The van der Waals surface area contributed by atoms with Gasteiger partial charge in [0.15, 0.2) is 4.90 Å². The Morgan fingerprint density at radius 2 is 1.71 bits per heavy atom. The van der Waals surface area contributed by atoms with Gasteiger partial charge in [-0.3, -0.25) is 0 Å². The van der Waals surface area contributed by atoms with Crippen LogP contribution in [0.2, 0.25) is 0 Å². The molecule has 1 heterocycles. The molecule has 0 N–H and O–H groups in total. The van der Waals surface area contributed by atoms with Gasteiger partial charge in [-0.25, -0.2) is 0 Å². The summed E-state index contributed by atoms with van der Waals surface area (Å²) in [5.74, 6) is 3.69. The van der Waals surface area contributed by atoms with Crippen LogP contribution >= 0.6 is 0 Å². The van der Waals surface area contributed by atoms with Crippen LogP contribution in [0.5, 0.6) is 5.75 Å². The molecule has 3 rings (SSSR count). The van der Waals surface area contributed by atoms with Crippen LogP contribution in [-0.2, 0) is 15.6 Å². The van der Waals surface area contributed by atoms with E-state index in [0.29, 0.717) is 24.1 Å². The Labute approximate surface area is 129 Å². The quantitative estimate of drug-likeness (QED) is 0.592. The lowest BCUT2D eigenvalue weighted by Crippen LogP contribution is -2.08. The molecule has 2 aromatic rings. The number of benzene rings is 2. The third-order valence-electron chi connectivity index (χ3n) is 3.88. The third kappa shape index (κ3) is 3.35. The highest BCUT2D eigenvalue weighted by Gasteiger charge is 2.29. The Morgan fingerprint density at radius 3 is 2.48 bits per heavy atom. The van der Waals surface area contributed by atoms with Gasteiger partial charge in [-0.15, -0.1) is 0 Å². The van der Waals surface area contributed by atoms with E-state index in [1.54, 1.807) is 0 Å². The van der Waals surface area contributed by atoms with E-state index < -0.39 is 0 Å². The minimum Gasteiger partial charge on any atom is -0.491 e. The first-order valence-electron chi connectivity index (χ1n) is 7.80. The standard InChI is InChI=1S/C18H23O2S/c1-2-19-11-12-20-17-9-10-18(21-13-5-6-14-21)16-8-4-3-7-15(16)17/h3-4,7-10H,2,5-6,11-14H2,1H3/q+1. The topological polar surface area (TPSA) is 18.5 Å². The molecule has 0 aromatic heterocycles. The molecule has 2 aromatic carbocycles. The van der Waals surface area contributed by atoms with Crippen LogP contribution in [0, 0.1) is 0 Å². The average Bonchev–Trinajstić information content (AvgIpc) is 3.05. The summed E-state index contributed by atoms with van der Waals surface area (Å²) in [5.41, 5.74) is 0. The molecule has 0 unspecified atom stereocenters. The monoisotopic (exact) mass is 303 g/mol. The summed E-state index contributed by atoms with van der Waals surface area (Å²) in [4.78, 5) is 1.53. The Hall–Kier alpha value is -1.19. The van der Waals surface area contributed by atoms with Crippen molar-refractivity contribution >= 4 is 21.7 Å². The highest BCUT2D eigenvalue weighted by molar-refractivity contribution is 7.97. The van der Waals surface area contributed by atoms with Gasteiger partial charge in [0.25, 0.3) is 0 Å². The summed E-state index contributed by atoms with van der Waals surface area (Å²) in [7, 11) is 0.437. The smallest absolute Gasteiger partial charge is 0.162 e. The number of hydrogen-bond acceptors (Lipinski definition) is 2. The molecule has 0 bridgehead atoms. The molecule has 2 nitrogen and oxygen atoms in total. The first kappa shape index (κ1) is 14.7. The van der Waals surface area contributed by atoms with Crippen molar-refractivity contribution in [3.05, 3.63) is 36.4 Å². The fourth-order valence-electron chi connectivity index (χ4n) is 2.85. The Balaban J connectivity index is 1.87. The second-order valence-electron chi connectivity index (χ2n) is 5.26. The molecular formula is C18H23O2S+. The Bertz CT molecular complexity index is 591. The van der Waals surface area contributed by atoms with Crippen molar-refractivity contribution in [3.63, 3.8) is 0 Å². The summed E-state index contributed by atoms with van der Waals surface area (Å²) in [6.07, 6.45) is 2.76. The van der Waals surface area contributed by atoms with Crippen molar-refractivity contribution in [2.24, 2.45) is 0 Å². The molecule has 1 saturated heterocycles. The van der Waals surface area contributed by atoms with Crippen molar-refractivity contribution in [1.29, 1.82) is 0 Å². The molecule has 112 valence electrons. The van der Waals surface area contributed by atoms with E-state index >= 15 is 0 Å².